The number of hydrogen-bond acceptors (Lipinski definition) is 5. The lowest BCUT2D eigenvalue weighted by Gasteiger charge is -2.25. The van der Waals surface area contributed by atoms with Gasteiger partial charge < -0.3 is 20.1 Å². The van der Waals surface area contributed by atoms with Gasteiger partial charge in [0.25, 0.3) is 0 Å². The number of aromatic nitrogens is 3. The Hall–Kier alpha value is -2.04. The van der Waals surface area contributed by atoms with E-state index in [0.29, 0.717) is 6.54 Å². The number of nitrogens with zero attached hydrogens (tertiary/aromatic N) is 4. The van der Waals surface area contributed by atoms with Crippen molar-refractivity contribution in [2.24, 2.45) is 4.99 Å². The minimum absolute atomic E-state index is 0. The lowest BCUT2D eigenvalue weighted by molar-refractivity contribution is 0.229. The largest absolute Gasteiger partial charge is 0.497 e. The average molecular weight is 514 g/mol. The molecule has 3 rings (SSSR count). The smallest absolute Gasteiger partial charge is 0.191 e. The maximum absolute atomic E-state index is 5.97. The van der Waals surface area contributed by atoms with Crippen LogP contribution in [-0.2, 0) is 6.54 Å². The molecule has 2 atom stereocenters. The van der Waals surface area contributed by atoms with Crippen LogP contribution >= 0.6 is 24.0 Å². The number of methoxy groups -OCH3 is 1. The molecule has 1 aliphatic heterocycles. The summed E-state index contributed by atoms with van der Waals surface area (Å²) in [5.74, 6) is 4.11. The van der Waals surface area contributed by atoms with Gasteiger partial charge in [-0.1, -0.05) is 6.07 Å². The van der Waals surface area contributed by atoms with E-state index < -0.39 is 0 Å². The van der Waals surface area contributed by atoms with Gasteiger partial charge in [0.1, 0.15) is 29.3 Å². The molecule has 2 aromatic rings. The average Bonchev–Trinajstić information content (AvgIpc) is 3.07. The topological polar surface area (TPSA) is 85.6 Å². The quantitative estimate of drug-likeness (QED) is 0.336. The van der Waals surface area contributed by atoms with Gasteiger partial charge in [-0.05, 0) is 45.7 Å². The van der Waals surface area contributed by atoms with Crippen molar-refractivity contribution in [3.05, 3.63) is 35.9 Å². The number of hydrogen-bond donors (Lipinski definition) is 2. The van der Waals surface area contributed by atoms with E-state index in [9.17, 15) is 0 Å². The highest BCUT2D eigenvalue weighted by Crippen LogP contribution is 2.23. The molecule has 9 heteroatoms. The Labute approximate surface area is 189 Å². The number of benzene rings is 1. The fourth-order valence-corrected chi connectivity index (χ4v) is 3.25. The fraction of sp³-hybridized carbons (Fsp3) is 0.550. The maximum Gasteiger partial charge on any atom is 0.191 e. The van der Waals surface area contributed by atoms with E-state index in [1.54, 1.807) is 7.11 Å². The zero-order chi connectivity index (χ0) is 19.9. The maximum atomic E-state index is 5.97. The Morgan fingerprint density at radius 1 is 1.38 bits per heavy atom. The summed E-state index contributed by atoms with van der Waals surface area (Å²) in [6.45, 7) is 8.24. The summed E-state index contributed by atoms with van der Waals surface area (Å²) in [6, 6.07) is 7.72. The highest BCUT2D eigenvalue weighted by atomic mass is 127. The summed E-state index contributed by atoms with van der Waals surface area (Å²) < 4.78 is 13.2. The summed E-state index contributed by atoms with van der Waals surface area (Å²) in [7, 11) is 1.65. The van der Waals surface area contributed by atoms with Gasteiger partial charge in [0, 0.05) is 19.2 Å². The molecule has 2 heterocycles. The molecule has 2 N–H and O–H groups in total. The van der Waals surface area contributed by atoms with Crippen molar-refractivity contribution in [2.45, 2.75) is 52.3 Å². The molecular weight excluding hydrogens is 483 g/mol. The van der Waals surface area contributed by atoms with Crippen LogP contribution in [0.2, 0.25) is 0 Å². The molecule has 0 amide bonds. The van der Waals surface area contributed by atoms with E-state index in [1.165, 1.54) is 0 Å². The first-order chi connectivity index (χ1) is 13.6. The first-order valence-electron chi connectivity index (χ1n) is 9.86. The van der Waals surface area contributed by atoms with Gasteiger partial charge in [-0.15, -0.1) is 24.0 Å². The van der Waals surface area contributed by atoms with Crippen LogP contribution in [0.4, 0.5) is 0 Å². The standard InChI is InChI=1S/C20H30N6O2.HI/c1-5-21-20(24-18-10-7-11-26-19(18)23-15(3)25-26)22-13-14(2)28-17-9-6-8-16(12-17)27-4;/h6,8-9,12,14,18H,5,7,10-11,13H2,1-4H3,(H2,21,22,24);1H. The van der Waals surface area contributed by atoms with Crippen molar-refractivity contribution in [1.82, 2.24) is 25.4 Å². The molecule has 0 saturated carbocycles. The number of nitrogens with one attached hydrogen (secondary N) is 2. The van der Waals surface area contributed by atoms with Gasteiger partial charge >= 0.3 is 0 Å². The number of fused-ring (bicyclic) bond motifs is 1. The molecule has 0 bridgehead atoms. The van der Waals surface area contributed by atoms with Crippen LogP contribution < -0.4 is 20.1 Å². The number of halogens is 1. The lowest BCUT2D eigenvalue weighted by Crippen LogP contribution is -2.42. The molecule has 0 radical (unpaired) electrons. The molecule has 0 aliphatic carbocycles. The number of ether oxygens (including phenoxy) is 2. The van der Waals surface area contributed by atoms with E-state index in [4.69, 9.17) is 14.5 Å². The minimum Gasteiger partial charge on any atom is -0.497 e. The first-order valence-corrected chi connectivity index (χ1v) is 9.86. The molecule has 1 aromatic heterocycles. The molecule has 29 heavy (non-hydrogen) atoms. The van der Waals surface area contributed by atoms with E-state index in [1.807, 2.05) is 42.8 Å². The highest BCUT2D eigenvalue weighted by molar-refractivity contribution is 14.0. The van der Waals surface area contributed by atoms with Crippen LogP contribution in [0.1, 0.15) is 44.4 Å². The molecule has 160 valence electrons. The molecule has 0 fully saturated rings. The highest BCUT2D eigenvalue weighted by Gasteiger charge is 2.24. The van der Waals surface area contributed by atoms with Gasteiger partial charge in [-0.3, -0.25) is 0 Å². The van der Waals surface area contributed by atoms with Gasteiger partial charge in [-0.25, -0.2) is 14.7 Å². The van der Waals surface area contributed by atoms with E-state index in [2.05, 4.69) is 27.6 Å². The number of guanidine groups is 1. The Balaban J connectivity index is 0.00000300. The molecule has 1 aromatic carbocycles. The summed E-state index contributed by atoms with van der Waals surface area (Å²) >= 11 is 0. The molecule has 0 saturated heterocycles. The van der Waals surface area contributed by atoms with E-state index in [-0.39, 0.29) is 36.1 Å². The Morgan fingerprint density at radius 2 is 2.17 bits per heavy atom. The second-order valence-corrected chi connectivity index (χ2v) is 6.91. The van der Waals surface area contributed by atoms with Crippen molar-refractivity contribution < 1.29 is 9.47 Å². The summed E-state index contributed by atoms with van der Waals surface area (Å²) in [5, 5.41) is 11.3. The van der Waals surface area contributed by atoms with Crippen molar-refractivity contribution in [1.29, 1.82) is 0 Å². The molecule has 1 aliphatic rings. The van der Waals surface area contributed by atoms with Crippen LogP contribution in [0.5, 0.6) is 11.5 Å². The van der Waals surface area contributed by atoms with Crippen molar-refractivity contribution in [2.75, 3.05) is 20.2 Å². The molecule has 0 spiro atoms. The molecule has 8 nitrogen and oxygen atoms in total. The predicted molar refractivity (Wildman–Crippen MR) is 124 cm³/mol. The van der Waals surface area contributed by atoms with Crippen LogP contribution in [0.25, 0.3) is 0 Å². The zero-order valence-electron chi connectivity index (χ0n) is 17.5. The van der Waals surface area contributed by atoms with Gasteiger partial charge in [0.15, 0.2) is 5.96 Å². The summed E-state index contributed by atoms with van der Waals surface area (Å²) in [4.78, 5) is 9.29. The van der Waals surface area contributed by atoms with Crippen LogP contribution in [0.15, 0.2) is 29.3 Å². The van der Waals surface area contributed by atoms with Crippen LogP contribution in [0, 0.1) is 6.92 Å². The van der Waals surface area contributed by atoms with Crippen molar-refractivity contribution in [3.8, 4) is 11.5 Å². The molecular formula is C20H31IN6O2. The second-order valence-electron chi connectivity index (χ2n) is 6.91. The Kier molecular flexibility index (Phi) is 8.99. The minimum atomic E-state index is -0.0696. The SMILES string of the molecule is CCNC(=NCC(C)Oc1cccc(OC)c1)NC1CCCn2nc(C)nc21.I. The monoisotopic (exact) mass is 514 g/mol. The van der Waals surface area contributed by atoms with Crippen LogP contribution in [-0.4, -0.2) is 47.0 Å². The Morgan fingerprint density at radius 3 is 2.93 bits per heavy atom. The normalized spacial score (nSPS) is 17.0. The summed E-state index contributed by atoms with van der Waals surface area (Å²) in [5.41, 5.74) is 0. The van der Waals surface area contributed by atoms with Gasteiger partial charge in [0.05, 0.1) is 19.7 Å². The first kappa shape index (κ1) is 23.2. The van der Waals surface area contributed by atoms with Gasteiger partial charge in [-0.2, -0.15) is 5.10 Å². The van der Waals surface area contributed by atoms with Crippen molar-refractivity contribution >= 4 is 29.9 Å². The third kappa shape index (κ3) is 6.48. The van der Waals surface area contributed by atoms with Crippen LogP contribution in [0.3, 0.4) is 0 Å². The molecule has 2 unspecified atom stereocenters. The number of aryl methyl sites for hydroxylation is 2. The summed E-state index contributed by atoms with van der Waals surface area (Å²) in [6.07, 6.45) is 2.01. The zero-order valence-corrected chi connectivity index (χ0v) is 19.8. The third-order valence-corrected chi connectivity index (χ3v) is 4.52. The fourth-order valence-electron chi connectivity index (χ4n) is 3.25. The predicted octanol–water partition coefficient (Wildman–Crippen LogP) is 3.07. The number of rotatable bonds is 7. The van der Waals surface area contributed by atoms with Gasteiger partial charge in [0.2, 0.25) is 0 Å². The second kappa shape index (κ2) is 11.2. The number of aliphatic imine (C=N–C) groups is 1. The van der Waals surface area contributed by atoms with Crippen molar-refractivity contribution in [3.63, 3.8) is 0 Å². The third-order valence-electron chi connectivity index (χ3n) is 4.52. The lowest BCUT2D eigenvalue weighted by atomic mass is 10.1. The Bertz CT molecular complexity index is 810. The van der Waals surface area contributed by atoms with E-state index >= 15 is 0 Å². The van der Waals surface area contributed by atoms with E-state index in [0.717, 1.165) is 55.0 Å².